The SMILES string of the molecule is NC(=O)N1CCC[C@@H](CNc2nc(-c3ccc(N4CCOCC4)cc3)cc3nccnc23)C1.S. The van der Waals surface area contributed by atoms with Crippen molar-refractivity contribution in [2.45, 2.75) is 12.8 Å². The summed E-state index contributed by atoms with van der Waals surface area (Å²) in [6.45, 7) is 5.43. The first kappa shape index (κ1) is 24.0. The number of fused-ring (bicyclic) bond motifs is 1. The van der Waals surface area contributed by atoms with Gasteiger partial charge in [0.1, 0.15) is 5.52 Å². The minimum Gasteiger partial charge on any atom is -0.378 e. The summed E-state index contributed by atoms with van der Waals surface area (Å²) in [6.07, 6.45) is 5.38. The van der Waals surface area contributed by atoms with Crippen molar-refractivity contribution in [3.63, 3.8) is 0 Å². The molecular weight excluding hydrogens is 450 g/mol. The molecule has 0 bridgehead atoms. The second-order valence-corrected chi connectivity index (χ2v) is 8.60. The van der Waals surface area contributed by atoms with Crippen molar-refractivity contribution in [2.75, 3.05) is 56.2 Å². The lowest BCUT2D eigenvalue weighted by molar-refractivity contribution is 0.122. The zero-order valence-electron chi connectivity index (χ0n) is 19.1. The number of ether oxygens (including phenoxy) is 1. The van der Waals surface area contributed by atoms with E-state index in [0.717, 1.165) is 68.0 Å². The smallest absolute Gasteiger partial charge is 0.314 e. The minimum absolute atomic E-state index is 0. The van der Waals surface area contributed by atoms with Crippen molar-refractivity contribution in [2.24, 2.45) is 11.7 Å². The van der Waals surface area contributed by atoms with E-state index in [9.17, 15) is 4.79 Å². The predicted molar refractivity (Wildman–Crippen MR) is 139 cm³/mol. The minimum atomic E-state index is -0.350. The summed E-state index contributed by atoms with van der Waals surface area (Å²) in [5, 5.41) is 3.48. The number of morpholine rings is 1. The van der Waals surface area contributed by atoms with Gasteiger partial charge in [-0.25, -0.2) is 14.8 Å². The molecule has 5 rings (SSSR count). The van der Waals surface area contributed by atoms with Crippen LogP contribution in [0.5, 0.6) is 0 Å². The molecule has 2 fully saturated rings. The number of pyridine rings is 1. The third kappa shape index (κ3) is 5.34. The quantitative estimate of drug-likeness (QED) is 0.577. The number of anilines is 2. The number of rotatable bonds is 5. The standard InChI is InChI=1S/C24H29N7O2.H2S/c25-24(32)31-9-1-2-17(16-31)15-28-23-22-21(26-7-8-27-22)14-20(29-23)18-3-5-19(6-4-18)30-10-12-33-13-11-30;/h3-8,14,17H,1-2,9-13,15-16H2,(H2,25,32)(H,28,29);1H2/t17-;/m0./s1. The number of primary amides is 1. The van der Waals surface area contributed by atoms with Gasteiger partial charge in [-0.05, 0) is 37.0 Å². The molecule has 2 aliphatic heterocycles. The fourth-order valence-electron chi connectivity index (χ4n) is 4.58. The first-order valence-corrected chi connectivity index (χ1v) is 11.5. The number of amides is 2. The normalized spacial score (nSPS) is 18.4. The zero-order valence-corrected chi connectivity index (χ0v) is 20.1. The molecular formula is C24H31N7O2S. The van der Waals surface area contributed by atoms with Crippen LogP contribution in [0.4, 0.5) is 16.3 Å². The van der Waals surface area contributed by atoms with Crippen LogP contribution < -0.4 is 16.0 Å². The van der Waals surface area contributed by atoms with Gasteiger partial charge in [0.05, 0.1) is 24.4 Å². The van der Waals surface area contributed by atoms with Gasteiger partial charge in [-0.3, -0.25) is 4.98 Å². The van der Waals surface area contributed by atoms with Gasteiger partial charge in [-0.1, -0.05) is 12.1 Å². The first-order chi connectivity index (χ1) is 16.2. The topological polar surface area (TPSA) is 110 Å². The summed E-state index contributed by atoms with van der Waals surface area (Å²) in [4.78, 5) is 29.5. The predicted octanol–water partition coefficient (Wildman–Crippen LogP) is 2.84. The first-order valence-electron chi connectivity index (χ1n) is 11.5. The Labute approximate surface area is 206 Å². The van der Waals surface area contributed by atoms with Crippen molar-refractivity contribution < 1.29 is 9.53 Å². The van der Waals surface area contributed by atoms with Crippen molar-refractivity contribution >= 4 is 42.1 Å². The van der Waals surface area contributed by atoms with Crippen LogP contribution in [0.15, 0.2) is 42.7 Å². The molecule has 3 aromatic rings. The van der Waals surface area contributed by atoms with E-state index in [1.54, 1.807) is 17.3 Å². The Bertz CT molecular complexity index is 1120. The Balaban J connectivity index is 0.00000274. The molecule has 0 spiro atoms. The molecule has 2 aliphatic rings. The molecule has 3 N–H and O–H groups in total. The number of nitrogens with two attached hydrogens (primary N) is 1. The summed E-state index contributed by atoms with van der Waals surface area (Å²) in [5.41, 5.74) is 10.1. The Morgan fingerprint density at radius 3 is 2.65 bits per heavy atom. The lowest BCUT2D eigenvalue weighted by atomic mass is 9.98. The number of nitrogens with one attached hydrogen (secondary N) is 1. The van der Waals surface area contributed by atoms with Gasteiger partial charge < -0.3 is 25.6 Å². The number of urea groups is 1. The summed E-state index contributed by atoms with van der Waals surface area (Å²) < 4.78 is 5.46. The molecule has 0 aliphatic carbocycles. The maximum Gasteiger partial charge on any atom is 0.314 e. The van der Waals surface area contributed by atoms with Crippen molar-refractivity contribution in [1.29, 1.82) is 0 Å². The fourth-order valence-corrected chi connectivity index (χ4v) is 4.58. The molecule has 2 amide bonds. The molecule has 10 heteroatoms. The number of likely N-dealkylation sites (tertiary alicyclic amines) is 1. The summed E-state index contributed by atoms with van der Waals surface area (Å²) >= 11 is 0. The van der Waals surface area contributed by atoms with E-state index in [0.29, 0.717) is 24.8 Å². The number of aromatic nitrogens is 3. The van der Waals surface area contributed by atoms with Crippen LogP contribution in [-0.4, -0.2) is 71.8 Å². The molecule has 9 nitrogen and oxygen atoms in total. The molecule has 0 unspecified atom stereocenters. The highest BCUT2D eigenvalue weighted by atomic mass is 32.1. The monoisotopic (exact) mass is 481 g/mol. The van der Waals surface area contributed by atoms with Crippen LogP contribution in [0, 0.1) is 5.92 Å². The van der Waals surface area contributed by atoms with Crippen molar-refractivity contribution in [3.8, 4) is 11.3 Å². The number of nitrogens with zero attached hydrogens (tertiary/aromatic N) is 5. The third-order valence-electron chi connectivity index (χ3n) is 6.38. The second-order valence-electron chi connectivity index (χ2n) is 8.60. The molecule has 0 radical (unpaired) electrons. The molecule has 180 valence electrons. The molecule has 2 aromatic heterocycles. The van der Waals surface area contributed by atoms with Gasteiger partial charge >= 0.3 is 6.03 Å². The Kier molecular flexibility index (Phi) is 7.69. The van der Waals surface area contributed by atoms with E-state index in [1.165, 1.54) is 5.69 Å². The average Bonchev–Trinajstić information content (AvgIpc) is 2.88. The lowest BCUT2D eigenvalue weighted by Gasteiger charge is -2.31. The van der Waals surface area contributed by atoms with E-state index < -0.39 is 0 Å². The maximum atomic E-state index is 11.6. The van der Waals surface area contributed by atoms with Gasteiger partial charge in [0.25, 0.3) is 0 Å². The lowest BCUT2D eigenvalue weighted by Crippen LogP contribution is -2.44. The van der Waals surface area contributed by atoms with E-state index in [1.807, 2.05) is 6.07 Å². The van der Waals surface area contributed by atoms with Crippen LogP contribution in [0.2, 0.25) is 0 Å². The molecule has 0 saturated carbocycles. The largest absolute Gasteiger partial charge is 0.378 e. The van der Waals surface area contributed by atoms with Gasteiger partial charge in [-0.2, -0.15) is 13.5 Å². The van der Waals surface area contributed by atoms with E-state index in [4.69, 9.17) is 15.5 Å². The molecule has 34 heavy (non-hydrogen) atoms. The highest BCUT2D eigenvalue weighted by Crippen LogP contribution is 2.28. The Morgan fingerprint density at radius 2 is 1.88 bits per heavy atom. The number of hydrogen-bond donors (Lipinski definition) is 2. The molecule has 1 aromatic carbocycles. The highest BCUT2D eigenvalue weighted by Gasteiger charge is 2.22. The molecule has 4 heterocycles. The summed E-state index contributed by atoms with van der Waals surface area (Å²) in [6, 6.07) is 10.1. The highest BCUT2D eigenvalue weighted by molar-refractivity contribution is 7.59. The fraction of sp³-hybridized carbons (Fsp3) is 0.417. The zero-order chi connectivity index (χ0) is 22.6. The van der Waals surface area contributed by atoms with Crippen LogP contribution in [-0.2, 0) is 4.74 Å². The van der Waals surface area contributed by atoms with E-state index in [2.05, 4.69) is 44.5 Å². The third-order valence-corrected chi connectivity index (χ3v) is 6.38. The maximum absolute atomic E-state index is 11.6. The van der Waals surface area contributed by atoms with Crippen LogP contribution in [0.25, 0.3) is 22.3 Å². The summed E-state index contributed by atoms with van der Waals surface area (Å²) in [7, 11) is 0. The molecule has 1 atom stereocenters. The van der Waals surface area contributed by atoms with Gasteiger partial charge in [0.2, 0.25) is 0 Å². The van der Waals surface area contributed by atoms with Crippen LogP contribution >= 0.6 is 13.5 Å². The second kappa shape index (κ2) is 10.9. The van der Waals surface area contributed by atoms with Crippen molar-refractivity contribution in [3.05, 3.63) is 42.7 Å². The Hall–Kier alpha value is -3.11. The van der Waals surface area contributed by atoms with Crippen molar-refractivity contribution in [1.82, 2.24) is 19.9 Å². The average molecular weight is 482 g/mol. The Morgan fingerprint density at radius 1 is 1.12 bits per heavy atom. The number of piperidine rings is 1. The van der Waals surface area contributed by atoms with Gasteiger partial charge in [0, 0.05) is 56.4 Å². The number of carbonyl (C=O) groups is 1. The number of hydrogen-bond acceptors (Lipinski definition) is 7. The number of carbonyl (C=O) groups excluding carboxylic acids is 1. The van der Waals surface area contributed by atoms with E-state index >= 15 is 0 Å². The van der Waals surface area contributed by atoms with E-state index in [-0.39, 0.29) is 19.5 Å². The molecule has 2 saturated heterocycles. The van der Waals surface area contributed by atoms with Gasteiger partial charge in [0.15, 0.2) is 5.82 Å². The summed E-state index contributed by atoms with van der Waals surface area (Å²) in [5.74, 6) is 1.03. The van der Waals surface area contributed by atoms with Crippen LogP contribution in [0.3, 0.4) is 0 Å². The van der Waals surface area contributed by atoms with Crippen LogP contribution in [0.1, 0.15) is 12.8 Å². The number of benzene rings is 1. The van der Waals surface area contributed by atoms with Gasteiger partial charge in [-0.15, -0.1) is 0 Å².